The summed E-state index contributed by atoms with van der Waals surface area (Å²) < 4.78 is 4.61. The molecule has 2 unspecified atom stereocenters. The van der Waals surface area contributed by atoms with Gasteiger partial charge in [0, 0.05) is 0 Å². The summed E-state index contributed by atoms with van der Waals surface area (Å²) in [6.45, 7) is 0. The molecule has 2 fully saturated rings. The highest BCUT2D eigenvalue weighted by molar-refractivity contribution is 7.08. The SMILES string of the molecule is [B]C1([B])OC(O)(O)C2(O)[B][B]C1([B])N2C. The molecule has 2 aliphatic heterocycles. The van der Waals surface area contributed by atoms with E-state index >= 15 is 0 Å². The predicted molar refractivity (Wildman–Crippen MR) is 55.2 cm³/mol. The van der Waals surface area contributed by atoms with Crippen LogP contribution in [0, 0.1) is 0 Å². The number of ether oxygens (including phenoxy) is 1. The second-order valence-corrected chi connectivity index (χ2v) is 3.95. The summed E-state index contributed by atoms with van der Waals surface area (Å²) in [5.41, 5.74) is -2.18. The van der Waals surface area contributed by atoms with Gasteiger partial charge in [0.05, 0.1) is 15.0 Å². The molecule has 10 heteroatoms. The second-order valence-electron chi connectivity index (χ2n) is 3.95. The molecule has 0 saturated carbocycles. The summed E-state index contributed by atoms with van der Waals surface area (Å²) >= 11 is 0. The van der Waals surface area contributed by atoms with Crippen molar-refractivity contribution in [2.45, 2.75) is 22.3 Å². The van der Waals surface area contributed by atoms with Crippen LogP contribution in [-0.2, 0) is 4.74 Å². The molecule has 3 N–H and O–H groups in total. The average Bonchev–Trinajstić information content (AvgIpc) is 2.27. The van der Waals surface area contributed by atoms with E-state index in [1.54, 1.807) is 0 Å². The summed E-state index contributed by atoms with van der Waals surface area (Å²) in [5.74, 6) is -2.93. The van der Waals surface area contributed by atoms with Gasteiger partial charge in [-0.2, -0.15) is 0 Å². The fourth-order valence-electron chi connectivity index (χ4n) is 1.86. The van der Waals surface area contributed by atoms with Crippen molar-refractivity contribution in [1.82, 2.24) is 4.90 Å². The van der Waals surface area contributed by atoms with Crippen molar-refractivity contribution >= 4 is 37.9 Å². The van der Waals surface area contributed by atoms with Crippen LogP contribution in [0.2, 0.25) is 0 Å². The minimum absolute atomic E-state index is 1.03. The topological polar surface area (TPSA) is 73.2 Å². The summed E-state index contributed by atoms with van der Waals surface area (Å²) in [5, 5.41) is 25.4. The highest BCUT2D eigenvalue weighted by atomic mass is 16.8. The first-order valence-electron chi connectivity index (χ1n) is 4.25. The largest absolute Gasteiger partial charge is 0.377 e. The van der Waals surface area contributed by atoms with Crippen LogP contribution in [0.1, 0.15) is 0 Å². The Hall–Kier alpha value is 0.125. The Morgan fingerprint density at radius 1 is 1.13 bits per heavy atom. The maximum absolute atomic E-state index is 9.94. The van der Waals surface area contributed by atoms with E-state index in [-0.39, 0.29) is 0 Å². The zero-order chi connectivity index (χ0) is 11.7. The molecule has 8 radical (unpaired) electrons. The molecule has 2 saturated heterocycles. The Kier molecular flexibility index (Phi) is 2.07. The van der Waals surface area contributed by atoms with Gasteiger partial charge in [-0.1, -0.05) is 0 Å². The third-order valence-corrected chi connectivity index (χ3v) is 3.05. The van der Waals surface area contributed by atoms with Crippen LogP contribution < -0.4 is 0 Å². The molecule has 70 valence electrons. The van der Waals surface area contributed by atoms with Gasteiger partial charge in [0.2, 0.25) is 0 Å². The van der Waals surface area contributed by atoms with E-state index < -0.39 is 22.3 Å². The van der Waals surface area contributed by atoms with Crippen LogP contribution in [0.25, 0.3) is 0 Å². The lowest BCUT2D eigenvalue weighted by Crippen LogP contribution is -2.80. The van der Waals surface area contributed by atoms with E-state index in [0.717, 1.165) is 12.1 Å². The van der Waals surface area contributed by atoms with Gasteiger partial charge in [-0.3, -0.25) is 4.90 Å². The van der Waals surface area contributed by atoms with Crippen LogP contribution in [0.3, 0.4) is 0 Å². The Morgan fingerprint density at radius 3 is 2.20 bits per heavy atom. The van der Waals surface area contributed by atoms with Crippen molar-refractivity contribution in [2.75, 3.05) is 7.05 Å². The molecule has 15 heavy (non-hydrogen) atoms. The number of hydrogen-bond acceptors (Lipinski definition) is 5. The summed E-state index contributed by atoms with van der Waals surface area (Å²) in [4.78, 5) is 1.03. The molecule has 0 aromatic carbocycles. The van der Waals surface area contributed by atoms with Crippen LogP contribution in [-0.4, -0.2) is 87.5 Å². The van der Waals surface area contributed by atoms with Gasteiger partial charge in [-0.05, 0) is 17.8 Å². The van der Waals surface area contributed by atoms with Gasteiger partial charge in [-0.25, -0.2) is 0 Å². The lowest BCUT2D eigenvalue weighted by Gasteiger charge is -2.61. The molecule has 2 atom stereocenters. The second kappa shape index (κ2) is 2.68. The Labute approximate surface area is 92.9 Å². The first-order chi connectivity index (χ1) is 6.57. The van der Waals surface area contributed by atoms with Crippen molar-refractivity contribution in [3.05, 3.63) is 0 Å². The van der Waals surface area contributed by atoms with E-state index in [9.17, 15) is 15.3 Å². The third-order valence-electron chi connectivity index (χ3n) is 3.05. The molecule has 0 spiro atoms. The number of morpholine rings is 1. The molecular weight excluding hydrogens is 192 g/mol. The van der Waals surface area contributed by atoms with E-state index in [1.165, 1.54) is 14.2 Å². The minimum Gasteiger partial charge on any atom is -0.377 e. The Balaban J connectivity index is 2.53. The third kappa shape index (κ3) is 1.12. The van der Waals surface area contributed by atoms with Gasteiger partial charge >= 0.3 is 5.97 Å². The molecule has 2 bridgehead atoms. The molecule has 2 heterocycles. The van der Waals surface area contributed by atoms with E-state index in [4.69, 9.17) is 23.5 Å². The van der Waals surface area contributed by atoms with E-state index in [0.29, 0.717) is 0 Å². The number of aliphatic hydroxyl groups is 3. The van der Waals surface area contributed by atoms with Gasteiger partial charge < -0.3 is 20.1 Å². The summed E-state index contributed by atoms with van der Waals surface area (Å²) in [7, 11) is 20.5. The van der Waals surface area contributed by atoms with Crippen LogP contribution >= 0.6 is 0 Å². The quantitative estimate of drug-likeness (QED) is 0.270. The fraction of sp³-hybridized carbons (Fsp3) is 1.00. The maximum atomic E-state index is 9.94. The van der Waals surface area contributed by atoms with Crippen molar-refractivity contribution in [1.29, 1.82) is 0 Å². The van der Waals surface area contributed by atoms with Crippen LogP contribution in [0.15, 0.2) is 0 Å². The normalized spacial score (nSPS) is 46.9. The standard InChI is InChI=1S/C5H6B5NO4/c1-11-3(8)2(6,7)15-5(13,14)4(11,12)10-9-3/h12-14H,1H3. The van der Waals surface area contributed by atoms with Gasteiger partial charge in [0.15, 0.2) is 5.62 Å². The summed E-state index contributed by atoms with van der Waals surface area (Å²) in [6, 6.07) is 0. The van der Waals surface area contributed by atoms with Crippen molar-refractivity contribution < 1.29 is 20.1 Å². The first kappa shape index (κ1) is 11.6. The van der Waals surface area contributed by atoms with Crippen LogP contribution in [0.5, 0.6) is 0 Å². The molecule has 2 aliphatic rings. The van der Waals surface area contributed by atoms with Gasteiger partial charge in [0.1, 0.15) is 22.9 Å². The molecule has 5 nitrogen and oxygen atoms in total. The number of rotatable bonds is 0. The molecule has 0 aromatic rings. The molecule has 0 amide bonds. The number of likely N-dealkylation sites (N-methyl/N-ethyl adjacent to an activating group) is 1. The number of nitrogens with zero attached hydrogens (tertiary/aromatic N) is 1. The molecule has 0 aromatic heterocycles. The molecule has 0 aliphatic carbocycles. The number of hydrogen-bond donors (Lipinski definition) is 3. The van der Waals surface area contributed by atoms with E-state index in [2.05, 4.69) is 4.74 Å². The van der Waals surface area contributed by atoms with Crippen LogP contribution in [0.4, 0.5) is 0 Å². The monoisotopic (exact) mass is 199 g/mol. The Morgan fingerprint density at radius 2 is 1.67 bits per heavy atom. The fourth-order valence-corrected chi connectivity index (χ4v) is 1.86. The van der Waals surface area contributed by atoms with E-state index in [1.807, 2.05) is 0 Å². The van der Waals surface area contributed by atoms with Gasteiger partial charge in [-0.15, -0.1) is 0 Å². The lowest BCUT2D eigenvalue weighted by molar-refractivity contribution is -0.448. The Bertz CT molecular complexity index is 286. The highest BCUT2D eigenvalue weighted by Gasteiger charge is 2.70. The average molecular weight is 198 g/mol. The first-order valence-corrected chi connectivity index (χ1v) is 4.25. The lowest BCUT2D eigenvalue weighted by atomic mass is 9.23. The minimum atomic E-state index is -2.93. The van der Waals surface area contributed by atoms with Gasteiger partial charge in [0.25, 0.3) is 0 Å². The molecule has 2 rings (SSSR count). The highest BCUT2D eigenvalue weighted by Crippen LogP contribution is 2.45. The predicted octanol–water partition coefficient (Wildman–Crippen LogP) is -4.62. The smallest absolute Gasteiger partial charge is 0.311 e. The zero-order valence-electron chi connectivity index (χ0n) is 8.08. The van der Waals surface area contributed by atoms with Crippen molar-refractivity contribution in [2.24, 2.45) is 0 Å². The van der Waals surface area contributed by atoms with Crippen molar-refractivity contribution in [3.8, 4) is 0 Å². The summed E-state index contributed by atoms with van der Waals surface area (Å²) in [6.07, 6.45) is 0. The number of fused-ring (bicyclic) bond motifs is 2. The zero-order valence-corrected chi connectivity index (χ0v) is 8.08. The van der Waals surface area contributed by atoms with Crippen molar-refractivity contribution in [3.63, 3.8) is 0 Å². The molecular formula is C5H6B5NO4. The maximum Gasteiger partial charge on any atom is 0.311 e.